The molecular weight excluding hydrogens is 359 g/mol. The summed E-state index contributed by atoms with van der Waals surface area (Å²) in [5.74, 6) is 1.24. The van der Waals surface area contributed by atoms with Crippen LogP contribution in [0.25, 0.3) is 0 Å². The van der Waals surface area contributed by atoms with Gasteiger partial charge in [-0.2, -0.15) is 0 Å². The van der Waals surface area contributed by atoms with Crippen LogP contribution in [0.4, 0.5) is 0 Å². The number of hydrogen-bond donors (Lipinski definition) is 0. The third-order valence-electron chi connectivity index (χ3n) is 3.03. The lowest BCUT2D eigenvalue weighted by Gasteiger charge is -2.15. The lowest BCUT2D eigenvalue weighted by atomic mass is 10.0. The maximum atomic E-state index is 6.15. The van der Waals surface area contributed by atoms with Gasteiger partial charge in [-0.05, 0) is 41.8 Å². The van der Waals surface area contributed by atoms with E-state index in [0.717, 1.165) is 21.3 Å². The maximum Gasteiger partial charge on any atom is 0.123 e. The van der Waals surface area contributed by atoms with Crippen molar-refractivity contribution in [3.05, 3.63) is 62.0 Å². The van der Waals surface area contributed by atoms with Crippen molar-refractivity contribution >= 4 is 39.1 Å². The van der Waals surface area contributed by atoms with E-state index in [-0.39, 0.29) is 0 Å². The van der Waals surface area contributed by atoms with E-state index < -0.39 is 0 Å². The summed E-state index contributed by atoms with van der Waals surface area (Å²) in [6.45, 7) is 4.63. The fourth-order valence-corrected chi connectivity index (χ4v) is 2.81. The van der Waals surface area contributed by atoms with Crippen LogP contribution < -0.4 is 4.74 Å². The Hall–Kier alpha value is -0.700. The average Bonchev–Trinajstić information content (AvgIpc) is 2.39. The van der Waals surface area contributed by atoms with Crippen molar-refractivity contribution in [2.24, 2.45) is 0 Å². The number of ether oxygens (including phenoxy) is 1. The smallest absolute Gasteiger partial charge is 0.123 e. The van der Waals surface area contributed by atoms with Crippen molar-refractivity contribution in [1.82, 2.24) is 0 Å². The predicted molar refractivity (Wildman–Crippen MR) is 89.0 cm³/mol. The number of halogens is 3. The first-order chi connectivity index (χ1) is 9.49. The summed E-state index contributed by atoms with van der Waals surface area (Å²) in [5, 5.41) is 1.25. The minimum Gasteiger partial charge on any atom is -0.489 e. The molecule has 2 rings (SSSR count). The van der Waals surface area contributed by atoms with Gasteiger partial charge in [0.25, 0.3) is 0 Å². The van der Waals surface area contributed by atoms with Gasteiger partial charge in [-0.3, -0.25) is 0 Å². The zero-order valence-electron chi connectivity index (χ0n) is 11.3. The van der Waals surface area contributed by atoms with Crippen molar-refractivity contribution in [1.29, 1.82) is 0 Å². The zero-order chi connectivity index (χ0) is 14.7. The molecule has 0 aromatic heterocycles. The molecule has 0 spiro atoms. The lowest BCUT2D eigenvalue weighted by molar-refractivity contribution is 0.302. The molecule has 0 amide bonds. The van der Waals surface area contributed by atoms with Gasteiger partial charge in [0.1, 0.15) is 12.4 Å². The van der Waals surface area contributed by atoms with Crippen LogP contribution in [0.3, 0.4) is 0 Å². The van der Waals surface area contributed by atoms with Crippen molar-refractivity contribution in [2.75, 3.05) is 0 Å². The van der Waals surface area contributed by atoms with Crippen LogP contribution in [0.15, 0.2) is 40.9 Å². The Morgan fingerprint density at radius 3 is 2.35 bits per heavy atom. The second kappa shape index (κ2) is 6.84. The monoisotopic (exact) mass is 372 g/mol. The summed E-state index contributed by atoms with van der Waals surface area (Å²) in [6, 6.07) is 11.5. The van der Waals surface area contributed by atoms with Gasteiger partial charge >= 0.3 is 0 Å². The molecule has 0 aliphatic heterocycles. The Labute approximate surface area is 138 Å². The van der Waals surface area contributed by atoms with E-state index in [1.807, 2.05) is 30.3 Å². The molecule has 106 valence electrons. The Morgan fingerprint density at radius 2 is 1.75 bits per heavy atom. The molecule has 0 N–H and O–H groups in total. The first-order valence-corrected chi connectivity index (χ1v) is 7.89. The fraction of sp³-hybridized carbons (Fsp3) is 0.250. The van der Waals surface area contributed by atoms with Gasteiger partial charge in [-0.1, -0.05) is 59.0 Å². The van der Waals surface area contributed by atoms with Crippen LogP contribution in [-0.2, 0) is 6.61 Å². The Morgan fingerprint density at radius 1 is 1.10 bits per heavy atom. The van der Waals surface area contributed by atoms with Gasteiger partial charge in [-0.15, -0.1) is 0 Å². The SMILES string of the molecule is CC(C)c1cc(Br)ccc1OCc1c(Cl)cccc1Cl. The molecule has 0 aliphatic carbocycles. The van der Waals surface area contributed by atoms with Gasteiger partial charge in [0.15, 0.2) is 0 Å². The molecule has 0 radical (unpaired) electrons. The van der Waals surface area contributed by atoms with Crippen molar-refractivity contribution in [3.63, 3.8) is 0 Å². The van der Waals surface area contributed by atoms with E-state index in [1.165, 1.54) is 0 Å². The summed E-state index contributed by atoms with van der Waals surface area (Å²) < 4.78 is 6.96. The van der Waals surface area contributed by atoms with Crippen LogP contribution in [0.2, 0.25) is 10.0 Å². The van der Waals surface area contributed by atoms with E-state index in [1.54, 1.807) is 0 Å². The standard InChI is InChI=1S/C16H15BrCl2O/c1-10(2)12-8-11(17)6-7-16(12)20-9-13-14(18)4-3-5-15(13)19/h3-8,10H,9H2,1-2H3. The summed E-state index contributed by atoms with van der Waals surface area (Å²) in [6.07, 6.45) is 0. The van der Waals surface area contributed by atoms with Gasteiger partial charge < -0.3 is 4.74 Å². The third-order valence-corrected chi connectivity index (χ3v) is 4.23. The zero-order valence-corrected chi connectivity index (χ0v) is 14.4. The molecule has 0 heterocycles. The first kappa shape index (κ1) is 15.7. The Kier molecular flexibility index (Phi) is 5.36. The normalized spacial score (nSPS) is 10.9. The highest BCUT2D eigenvalue weighted by Gasteiger charge is 2.11. The Bertz CT molecular complexity index is 591. The molecule has 0 saturated carbocycles. The van der Waals surface area contributed by atoms with E-state index in [9.17, 15) is 0 Å². The molecule has 0 saturated heterocycles. The van der Waals surface area contributed by atoms with E-state index >= 15 is 0 Å². The Balaban J connectivity index is 2.23. The highest BCUT2D eigenvalue weighted by atomic mass is 79.9. The van der Waals surface area contributed by atoms with E-state index in [0.29, 0.717) is 22.6 Å². The number of benzene rings is 2. The van der Waals surface area contributed by atoms with Crippen LogP contribution in [0.5, 0.6) is 5.75 Å². The molecule has 20 heavy (non-hydrogen) atoms. The van der Waals surface area contributed by atoms with Gasteiger partial charge in [0.05, 0.1) is 0 Å². The number of hydrogen-bond acceptors (Lipinski definition) is 1. The predicted octanol–water partition coefficient (Wildman–Crippen LogP) is 6.46. The molecule has 0 fully saturated rings. The highest BCUT2D eigenvalue weighted by Crippen LogP contribution is 2.31. The quantitative estimate of drug-likeness (QED) is 0.597. The molecule has 0 unspecified atom stereocenters. The van der Waals surface area contributed by atoms with Gasteiger partial charge in [0.2, 0.25) is 0 Å². The first-order valence-electron chi connectivity index (χ1n) is 6.34. The van der Waals surface area contributed by atoms with Gasteiger partial charge in [-0.25, -0.2) is 0 Å². The topological polar surface area (TPSA) is 9.23 Å². The van der Waals surface area contributed by atoms with Crippen LogP contribution in [0.1, 0.15) is 30.9 Å². The molecule has 2 aromatic carbocycles. The van der Waals surface area contributed by atoms with Crippen molar-refractivity contribution in [2.45, 2.75) is 26.4 Å². The molecule has 4 heteroatoms. The minimum absolute atomic E-state index is 0.361. The molecule has 2 aromatic rings. The number of rotatable bonds is 4. The van der Waals surface area contributed by atoms with Crippen molar-refractivity contribution in [3.8, 4) is 5.75 Å². The second-order valence-electron chi connectivity index (χ2n) is 4.83. The largest absolute Gasteiger partial charge is 0.489 e. The molecule has 1 nitrogen and oxygen atoms in total. The lowest BCUT2D eigenvalue weighted by Crippen LogP contribution is -2.01. The minimum atomic E-state index is 0.361. The van der Waals surface area contributed by atoms with E-state index in [4.69, 9.17) is 27.9 Å². The summed E-state index contributed by atoms with van der Waals surface area (Å²) >= 11 is 15.8. The molecule has 0 bridgehead atoms. The molecule has 0 aliphatic rings. The van der Waals surface area contributed by atoms with Gasteiger partial charge in [0, 0.05) is 20.1 Å². The molecule has 0 atom stereocenters. The fourth-order valence-electron chi connectivity index (χ4n) is 1.92. The van der Waals surface area contributed by atoms with Crippen LogP contribution in [0, 0.1) is 0 Å². The molecular formula is C16H15BrCl2O. The van der Waals surface area contributed by atoms with Crippen molar-refractivity contribution < 1.29 is 4.74 Å². The average molecular weight is 374 g/mol. The third kappa shape index (κ3) is 3.69. The van der Waals surface area contributed by atoms with Crippen LogP contribution in [-0.4, -0.2) is 0 Å². The van der Waals surface area contributed by atoms with Crippen LogP contribution >= 0.6 is 39.1 Å². The van der Waals surface area contributed by atoms with E-state index in [2.05, 4.69) is 35.8 Å². The maximum absolute atomic E-state index is 6.15. The summed E-state index contributed by atoms with van der Waals surface area (Å²) in [7, 11) is 0. The summed E-state index contributed by atoms with van der Waals surface area (Å²) in [5.41, 5.74) is 1.97. The highest BCUT2D eigenvalue weighted by molar-refractivity contribution is 9.10. The summed E-state index contributed by atoms with van der Waals surface area (Å²) in [4.78, 5) is 0. The second-order valence-corrected chi connectivity index (χ2v) is 6.56.